The molecule has 2 aromatic rings. The number of fused-ring (bicyclic) bond motifs is 1. The van der Waals surface area contributed by atoms with Crippen LogP contribution in [0, 0.1) is 5.92 Å². The Labute approximate surface area is 125 Å². The zero-order valence-corrected chi connectivity index (χ0v) is 12.8. The van der Waals surface area contributed by atoms with E-state index in [9.17, 15) is 0 Å². The summed E-state index contributed by atoms with van der Waals surface area (Å²) in [5.41, 5.74) is 7.73. The zero-order chi connectivity index (χ0) is 15.0. The summed E-state index contributed by atoms with van der Waals surface area (Å²) < 4.78 is 7.88. The van der Waals surface area contributed by atoms with Gasteiger partial charge in [0.05, 0.1) is 11.8 Å². The fourth-order valence-electron chi connectivity index (χ4n) is 2.75. The molecule has 3 rings (SSSR count). The molecule has 0 radical (unpaired) electrons. The summed E-state index contributed by atoms with van der Waals surface area (Å²) in [6.45, 7) is 7.21. The lowest BCUT2D eigenvalue weighted by atomic mass is 10.00. The number of benzene rings is 1. The van der Waals surface area contributed by atoms with Gasteiger partial charge in [0.15, 0.2) is 5.82 Å². The van der Waals surface area contributed by atoms with Gasteiger partial charge in [0, 0.05) is 18.5 Å². The van der Waals surface area contributed by atoms with Crippen LogP contribution in [-0.2, 0) is 13.0 Å². The highest BCUT2D eigenvalue weighted by Crippen LogP contribution is 2.30. The minimum atomic E-state index is 0.112. The number of hydrogen-bond donors (Lipinski definition) is 1. The predicted octanol–water partition coefficient (Wildman–Crippen LogP) is 2.90. The Morgan fingerprint density at radius 2 is 2.14 bits per heavy atom. The SMILES string of the molecule is CC1CCn2c(nnc2-c2ccc(OC(C)C)c(N)c2)C1. The summed E-state index contributed by atoms with van der Waals surface area (Å²) in [6.07, 6.45) is 2.28. The molecular formula is C16H22N4O. The molecule has 1 aliphatic rings. The Morgan fingerprint density at radius 1 is 1.33 bits per heavy atom. The molecule has 2 heterocycles. The number of aromatic nitrogens is 3. The molecular weight excluding hydrogens is 264 g/mol. The zero-order valence-electron chi connectivity index (χ0n) is 12.8. The van der Waals surface area contributed by atoms with Crippen LogP contribution in [0.1, 0.15) is 33.0 Å². The van der Waals surface area contributed by atoms with Gasteiger partial charge in [0.25, 0.3) is 0 Å². The van der Waals surface area contributed by atoms with E-state index in [4.69, 9.17) is 10.5 Å². The average molecular weight is 286 g/mol. The summed E-state index contributed by atoms with van der Waals surface area (Å²) in [5, 5.41) is 8.68. The lowest BCUT2D eigenvalue weighted by Crippen LogP contribution is -2.18. The number of nitrogens with zero attached hydrogens (tertiary/aromatic N) is 3. The van der Waals surface area contributed by atoms with Gasteiger partial charge in [-0.3, -0.25) is 0 Å². The quantitative estimate of drug-likeness (QED) is 0.881. The van der Waals surface area contributed by atoms with E-state index in [2.05, 4.69) is 21.7 Å². The molecule has 0 saturated heterocycles. The van der Waals surface area contributed by atoms with Crippen LogP contribution in [0.4, 0.5) is 5.69 Å². The second-order valence-corrected chi connectivity index (χ2v) is 6.11. The summed E-state index contributed by atoms with van der Waals surface area (Å²) >= 11 is 0. The summed E-state index contributed by atoms with van der Waals surface area (Å²) in [4.78, 5) is 0. The molecule has 1 atom stereocenters. The van der Waals surface area contributed by atoms with Gasteiger partial charge in [-0.15, -0.1) is 10.2 Å². The number of anilines is 1. The van der Waals surface area contributed by atoms with E-state index in [-0.39, 0.29) is 6.10 Å². The van der Waals surface area contributed by atoms with Crippen LogP contribution in [0.2, 0.25) is 0 Å². The van der Waals surface area contributed by atoms with E-state index in [1.54, 1.807) is 0 Å². The maximum absolute atomic E-state index is 6.09. The van der Waals surface area contributed by atoms with Crippen molar-refractivity contribution in [2.45, 2.75) is 46.3 Å². The Kier molecular flexibility index (Phi) is 3.57. The van der Waals surface area contributed by atoms with Crippen molar-refractivity contribution in [2.24, 2.45) is 5.92 Å². The molecule has 1 aromatic carbocycles. The number of nitrogen functional groups attached to an aromatic ring is 1. The van der Waals surface area contributed by atoms with Crippen LogP contribution in [0.3, 0.4) is 0 Å². The van der Waals surface area contributed by atoms with Crippen LogP contribution in [-0.4, -0.2) is 20.9 Å². The van der Waals surface area contributed by atoms with Gasteiger partial charge in [0.1, 0.15) is 11.6 Å². The number of rotatable bonds is 3. The van der Waals surface area contributed by atoms with Gasteiger partial charge in [-0.1, -0.05) is 6.92 Å². The van der Waals surface area contributed by atoms with Gasteiger partial charge in [-0.25, -0.2) is 0 Å². The van der Waals surface area contributed by atoms with Crippen LogP contribution >= 0.6 is 0 Å². The highest BCUT2D eigenvalue weighted by Gasteiger charge is 2.21. The van der Waals surface area contributed by atoms with Gasteiger partial charge < -0.3 is 15.0 Å². The molecule has 0 aliphatic carbocycles. The van der Waals surface area contributed by atoms with Crippen LogP contribution in [0.5, 0.6) is 5.75 Å². The molecule has 0 amide bonds. The van der Waals surface area contributed by atoms with Gasteiger partial charge in [-0.2, -0.15) is 0 Å². The van der Waals surface area contributed by atoms with Crippen molar-refractivity contribution in [1.82, 2.24) is 14.8 Å². The number of ether oxygens (including phenoxy) is 1. The minimum absolute atomic E-state index is 0.112. The fourth-order valence-corrected chi connectivity index (χ4v) is 2.75. The third-order valence-electron chi connectivity index (χ3n) is 3.83. The lowest BCUT2D eigenvalue weighted by Gasteiger charge is -2.20. The van der Waals surface area contributed by atoms with E-state index in [1.165, 1.54) is 6.42 Å². The smallest absolute Gasteiger partial charge is 0.164 e. The molecule has 1 aliphatic heterocycles. The maximum Gasteiger partial charge on any atom is 0.164 e. The maximum atomic E-state index is 6.09. The molecule has 5 nitrogen and oxygen atoms in total. The van der Waals surface area contributed by atoms with E-state index < -0.39 is 0 Å². The lowest BCUT2D eigenvalue weighted by molar-refractivity contribution is 0.244. The third-order valence-corrected chi connectivity index (χ3v) is 3.83. The topological polar surface area (TPSA) is 66.0 Å². The Hall–Kier alpha value is -2.04. The van der Waals surface area contributed by atoms with Gasteiger partial charge in [0.2, 0.25) is 0 Å². The second-order valence-electron chi connectivity index (χ2n) is 6.11. The largest absolute Gasteiger partial charge is 0.489 e. The Morgan fingerprint density at radius 3 is 2.86 bits per heavy atom. The predicted molar refractivity (Wildman–Crippen MR) is 83.1 cm³/mol. The first-order valence-electron chi connectivity index (χ1n) is 7.53. The van der Waals surface area contributed by atoms with Crippen molar-refractivity contribution in [3.8, 4) is 17.1 Å². The minimum Gasteiger partial charge on any atom is -0.489 e. The second kappa shape index (κ2) is 5.39. The molecule has 112 valence electrons. The highest BCUT2D eigenvalue weighted by molar-refractivity contribution is 5.66. The molecule has 0 spiro atoms. The van der Waals surface area contributed by atoms with Crippen molar-refractivity contribution in [3.63, 3.8) is 0 Å². The summed E-state index contributed by atoms with van der Waals surface area (Å²) in [5.74, 6) is 3.38. The van der Waals surface area contributed by atoms with E-state index in [1.807, 2.05) is 32.0 Å². The van der Waals surface area contributed by atoms with E-state index >= 15 is 0 Å². The number of nitrogens with two attached hydrogens (primary N) is 1. The van der Waals surface area contributed by atoms with E-state index in [0.29, 0.717) is 11.6 Å². The standard InChI is InChI=1S/C16H22N4O/c1-10(2)21-14-5-4-12(9-13(14)17)16-19-18-15-8-11(3)6-7-20(15)16/h4-5,9-11H,6-8,17H2,1-3H3. The molecule has 5 heteroatoms. The molecule has 0 saturated carbocycles. The third kappa shape index (κ3) is 2.73. The van der Waals surface area contributed by atoms with Crippen LogP contribution in [0.25, 0.3) is 11.4 Å². The molecule has 21 heavy (non-hydrogen) atoms. The first-order valence-corrected chi connectivity index (χ1v) is 7.53. The molecule has 1 unspecified atom stereocenters. The van der Waals surface area contributed by atoms with Crippen LogP contribution < -0.4 is 10.5 Å². The number of hydrogen-bond acceptors (Lipinski definition) is 4. The van der Waals surface area contributed by atoms with Gasteiger partial charge in [-0.05, 0) is 44.4 Å². The first-order chi connectivity index (χ1) is 10.0. The van der Waals surface area contributed by atoms with Gasteiger partial charge >= 0.3 is 0 Å². The molecule has 1 aromatic heterocycles. The molecule has 0 bridgehead atoms. The van der Waals surface area contributed by atoms with Crippen molar-refractivity contribution in [2.75, 3.05) is 5.73 Å². The highest BCUT2D eigenvalue weighted by atomic mass is 16.5. The summed E-state index contributed by atoms with van der Waals surface area (Å²) in [6, 6.07) is 5.84. The monoisotopic (exact) mass is 286 g/mol. The Balaban J connectivity index is 1.93. The van der Waals surface area contributed by atoms with Crippen molar-refractivity contribution in [1.29, 1.82) is 0 Å². The average Bonchev–Trinajstić information content (AvgIpc) is 2.83. The van der Waals surface area contributed by atoms with Crippen molar-refractivity contribution in [3.05, 3.63) is 24.0 Å². The summed E-state index contributed by atoms with van der Waals surface area (Å²) in [7, 11) is 0. The fraction of sp³-hybridized carbons (Fsp3) is 0.500. The van der Waals surface area contributed by atoms with Crippen molar-refractivity contribution >= 4 is 5.69 Å². The molecule has 2 N–H and O–H groups in total. The first kappa shape index (κ1) is 13.9. The normalized spacial score (nSPS) is 17.8. The van der Waals surface area contributed by atoms with E-state index in [0.717, 1.165) is 35.9 Å². The van der Waals surface area contributed by atoms with Crippen LogP contribution in [0.15, 0.2) is 18.2 Å². The Bertz CT molecular complexity index is 648. The van der Waals surface area contributed by atoms with Crippen molar-refractivity contribution < 1.29 is 4.74 Å². The molecule has 0 fully saturated rings.